The van der Waals surface area contributed by atoms with Gasteiger partial charge in [-0.3, -0.25) is 9.78 Å². The molecule has 1 fully saturated rings. The van der Waals surface area contributed by atoms with Gasteiger partial charge in [0, 0.05) is 30.2 Å². The topological polar surface area (TPSA) is 63.9 Å². The van der Waals surface area contributed by atoms with Crippen molar-refractivity contribution in [3.8, 4) is 0 Å². The minimum absolute atomic E-state index is 0.0898. The molecule has 0 unspecified atom stereocenters. The lowest BCUT2D eigenvalue weighted by Crippen LogP contribution is -2.39. The smallest absolute Gasteiger partial charge is 0.253 e. The normalized spacial score (nSPS) is 15.8. The number of hydrogen-bond donors (Lipinski definition) is 0. The molecule has 0 N–H and O–H groups in total. The first-order valence-corrected chi connectivity index (χ1v) is 8.23. The van der Waals surface area contributed by atoms with Crippen molar-refractivity contribution in [2.75, 3.05) is 13.1 Å². The quantitative estimate of drug-likeness (QED) is 0.728. The second kappa shape index (κ2) is 6.03. The highest BCUT2D eigenvalue weighted by Crippen LogP contribution is 2.23. The molecule has 1 aliphatic rings. The van der Waals surface area contributed by atoms with Crippen molar-refractivity contribution >= 4 is 16.8 Å². The van der Waals surface area contributed by atoms with E-state index in [1.165, 1.54) is 0 Å². The lowest BCUT2D eigenvalue weighted by Gasteiger charge is -2.31. The molecule has 6 nitrogen and oxygen atoms in total. The van der Waals surface area contributed by atoms with E-state index in [0.29, 0.717) is 0 Å². The first kappa shape index (κ1) is 14.8. The van der Waals surface area contributed by atoms with E-state index in [2.05, 4.69) is 15.2 Å². The van der Waals surface area contributed by atoms with Gasteiger partial charge in [0.1, 0.15) is 0 Å². The second-order valence-corrected chi connectivity index (χ2v) is 6.23. The fourth-order valence-corrected chi connectivity index (χ4v) is 3.31. The number of carbonyl (C=O) groups excluding carboxylic acids is 1. The Morgan fingerprint density at radius 1 is 1.08 bits per heavy atom. The summed E-state index contributed by atoms with van der Waals surface area (Å²) in [6, 6.07) is 8.02. The van der Waals surface area contributed by atoms with Gasteiger partial charge in [0.15, 0.2) is 0 Å². The molecule has 1 aromatic carbocycles. The van der Waals surface area contributed by atoms with Crippen LogP contribution in [0.4, 0.5) is 0 Å². The maximum atomic E-state index is 12.8. The van der Waals surface area contributed by atoms with Gasteiger partial charge in [-0.25, -0.2) is 0 Å². The van der Waals surface area contributed by atoms with Gasteiger partial charge in [-0.05, 0) is 49.6 Å². The molecule has 1 saturated heterocycles. The van der Waals surface area contributed by atoms with E-state index in [-0.39, 0.29) is 11.9 Å². The van der Waals surface area contributed by atoms with Crippen LogP contribution < -0.4 is 0 Å². The van der Waals surface area contributed by atoms with Gasteiger partial charge in [-0.15, -0.1) is 0 Å². The Morgan fingerprint density at radius 3 is 2.58 bits per heavy atom. The van der Waals surface area contributed by atoms with Crippen LogP contribution in [0, 0.1) is 6.92 Å². The molecule has 1 amide bonds. The maximum absolute atomic E-state index is 12.8. The SMILES string of the molecule is Cc1ccnc2ccc(C(=O)N3CCC(n4nccn4)CC3)cc12. The van der Waals surface area contributed by atoms with Gasteiger partial charge >= 0.3 is 0 Å². The van der Waals surface area contributed by atoms with E-state index in [9.17, 15) is 4.79 Å². The summed E-state index contributed by atoms with van der Waals surface area (Å²) < 4.78 is 0. The highest BCUT2D eigenvalue weighted by atomic mass is 16.2. The summed E-state index contributed by atoms with van der Waals surface area (Å²) in [4.78, 5) is 20.8. The van der Waals surface area contributed by atoms with E-state index >= 15 is 0 Å². The Hall–Kier alpha value is -2.76. The number of aryl methyl sites for hydroxylation is 1. The molecule has 0 radical (unpaired) electrons. The van der Waals surface area contributed by atoms with Crippen molar-refractivity contribution < 1.29 is 4.79 Å². The number of likely N-dealkylation sites (tertiary alicyclic amines) is 1. The molecule has 2 aromatic heterocycles. The van der Waals surface area contributed by atoms with Crippen molar-refractivity contribution in [1.82, 2.24) is 24.9 Å². The molecule has 0 bridgehead atoms. The van der Waals surface area contributed by atoms with Crippen LogP contribution in [0.15, 0.2) is 42.9 Å². The van der Waals surface area contributed by atoms with Crippen LogP contribution >= 0.6 is 0 Å². The van der Waals surface area contributed by atoms with E-state index in [0.717, 1.165) is 48.0 Å². The molecule has 0 spiro atoms. The molecule has 6 heteroatoms. The number of carbonyl (C=O) groups is 1. The predicted molar refractivity (Wildman–Crippen MR) is 90.7 cm³/mol. The van der Waals surface area contributed by atoms with Crippen LogP contribution in [0.3, 0.4) is 0 Å². The van der Waals surface area contributed by atoms with Crippen molar-refractivity contribution in [3.05, 3.63) is 54.0 Å². The van der Waals surface area contributed by atoms with E-state index in [4.69, 9.17) is 0 Å². The molecular weight excluding hydrogens is 302 g/mol. The van der Waals surface area contributed by atoms with Crippen molar-refractivity contribution in [3.63, 3.8) is 0 Å². The summed E-state index contributed by atoms with van der Waals surface area (Å²) in [5.74, 6) is 0.0898. The molecule has 0 aliphatic carbocycles. The summed E-state index contributed by atoms with van der Waals surface area (Å²) >= 11 is 0. The number of rotatable bonds is 2. The van der Waals surface area contributed by atoms with E-state index < -0.39 is 0 Å². The largest absolute Gasteiger partial charge is 0.338 e. The van der Waals surface area contributed by atoms with Crippen molar-refractivity contribution in [2.24, 2.45) is 0 Å². The average molecular weight is 321 g/mol. The minimum Gasteiger partial charge on any atom is -0.338 e. The summed E-state index contributed by atoms with van der Waals surface area (Å²) in [7, 11) is 0. The molecular formula is C18H19N5O. The highest BCUT2D eigenvalue weighted by molar-refractivity contribution is 5.98. The average Bonchev–Trinajstić information content (AvgIpc) is 3.16. The monoisotopic (exact) mass is 321 g/mol. The third kappa shape index (κ3) is 2.64. The Bertz CT molecular complexity index is 866. The van der Waals surface area contributed by atoms with Crippen LogP contribution in [-0.2, 0) is 0 Å². The molecule has 0 saturated carbocycles. The number of amides is 1. The van der Waals surface area contributed by atoms with E-state index in [1.54, 1.807) is 23.4 Å². The van der Waals surface area contributed by atoms with E-state index in [1.807, 2.05) is 36.1 Å². The van der Waals surface area contributed by atoms with Crippen LogP contribution in [-0.4, -0.2) is 43.9 Å². The maximum Gasteiger partial charge on any atom is 0.253 e. The summed E-state index contributed by atoms with van der Waals surface area (Å²) in [6.07, 6.45) is 6.96. The fraction of sp³-hybridized carbons (Fsp3) is 0.333. The summed E-state index contributed by atoms with van der Waals surface area (Å²) in [5.41, 5.74) is 2.79. The Labute approximate surface area is 140 Å². The molecule has 122 valence electrons. The second-order valence-electron chi connectivity index (χ2n) is 6.23. The Kier molecular flexibility index (Phi) is 3.72. The van der Waals surface area contributed by atoms with Crippen LogP contribution in [0.25, 0.3) is 10.9 Å². The van der Waals surface area contributed by atoms with Crippen LogP contribution in [0.1, 0.15) is 34.8 Å². The first-order valence-electron chi connectivity index (χ1n) is 8.23. The number of nitrogens with zero attached hydrogens (tertiary/aromatic N) is 5. The fourth-order valence-electron chi connectivity index (χ4n) is 3.31. The lowest BCUT2D eigenvalue weighted by molar-refractivity contribution is 0.0684. The number of piperidine rings is 1. The van der Waals surface area contributed by atoms with Crippen LogP contribution in [0.5, 0.6) is 0 Å². The van der Waals surface area contributed by atoms with Crippen molar-refractivity contribution in [1.29, 1.82) is 0 Å². The Morgan fingerprint density at radius 2 is 1.83 bits per heavy atom. The number of fused-ring (bicyclic) bond motifs is 1. The lowest BCUT2D eigenvalue weighted by atomic mass is 10.0. The molecule has 3 heterocycles. The first-order chi connectivity index (χ1) is 11.7. The summed E-state index contributed by atoms with van der Waals surface area (Å²) in [6.45, 7) is 3.51. The zero-order valence-electron chi connectivity index (χ0n) is 13.6. The van der Waals surface area contributed by atoms with Gasteiger partial charge in [0.05, 0.1) is 24.0 Å². The number of benzene rings is 1. The standard InChI is InChI=1S/C18H19N5O/c1-13-4-7-19-17-3-2-14(12-16(13)17)18(24)22-10-5-15(6-11-22)23-20-8-9-21-23/h2-4,7-9,12,15H,5-6,10-11H2,1H3. The van der Waals surface area contributed by atoms with Gasteiger partial charge in [-0.2, -0.15) is 15.0 Å². The van der Waals surface area contributed by atoms with Crippen LogP contribution in [0.2, 0.25) is 0 Å². The molecule has 0 atom stereocenters. The van der Waals surface area contributed by atoms with Crippen molar-refractivity contribution in [2.45, 2.75) is 25.8 Å². The van der Waals surface area contributed by atoms with Gasteiger partial charge < -0.3 is 4.90 Å². The zero-order chi connectivity index (χ0) is 16.5. The highest BCUT2D eigenvalue weighted by Gasteiger charge is 2.25. The number of pyridine rings is 1. The van der Waals surface area contributed by atoms with Gasteiger partial charge in [0.25, 0.3) is 5.91 Å². The predicted octanol–water partition coefficient (Wildman–Crippen LogP) is 2.61. The third-order valence-electron chi connectivity index (χ3n) is 4.72. The minimum atomic E-state index is 0.0898. The Balaban J connectivity index is 1.51. The molecule has 24 heavy (non-hydrogen) atoms. The molecule has 3 aromatic rings. The molecule has 1 aliphatic heterocycles. The summed E-state index contributed by atoms with van der Waals surface area (Å²) in [5, 5.41) is 9.45. The molecule has 4 rings (SSSR count). The number of aromatic nitrogens is 4. The van der Waals surface area contributed by atoms with Gasteiger partial charge in [0.2, 0.25) is 0 Å². The third-order valence-corrected chi connectivity index (χ3v) is 4.72. The van der Waals surface area contributed by atoms with Gasteiger partial charge in [-0.1, -0.05) is 0 Å². The number of hydrogen-bond acceptors (Lipinski definition) is 4. The zero-order valence-corrected chi connectivity index (χ0v) is 13.6.